The van der Waals surface area contributed by atoms with Crippen molar-refractivity contribution in [2.24, 2.45) is 0 Å². The summed E-state index contributed by atoms with van der Waals surface area (Å²) in [5.41, 5.74) is 1.50. The molecule has 2 N–H and O–H groups in total. The molecule has 0 bridgehead atoms. The minimum atomic E-state index is 0.00861. The summed E-state index contributed by atoms with van der Waals surface area (Å²) in [6.07, 6.45) is 10.3. The third-order valence-electron chi connectivity index (χ3n) is 3.75. The van der Waals surface area contributed by atoms with Gasteiger partial charge in [0.15, 0.2) is 0 Å². The molecule has 2 rings (SSSR count). The SMILES string of the molecule is CCNc1cnccc1C(=O)NC1CCCCC1SC. The number of anilines is 1. The van der Waals surface area contributed by atoms with Gasteiger partial charge in [-0.2, -0.15) is 11.8 Å². The van der Waals surface area contributed by atoms with Gasteiger partial charge >= 0.3 is 0 Å². The molecule has 1 heterocycles. The Kier molecular flexibility index (Phi) is 5.71. The highest BCUT2D eigenvalue weighted by atomic mass is 32.2. The van der Waals surface area contributed by atoms with Crippen molar-refractivity contribution in [1.82, 2.24) is 10.3 Å². The van der Waals surface area contributed by atoms with Crippen LogP contribution in [-0.2, 0) is 0 Å². The maximum atomic E-state index is 12.5. The number of nitrogens with zero attached hydrogens (tertiary/aromatic N) is 1. The Balaban J connectivity index is 2.07. The Hall–Kier alpha value is -1.23. The zero-order valence-corrected chi connectivity index (χ0v) is 13.0. The number of aromatic nitrogens is 1. The van der Waals surface area contributed by atoms with Gasteiger partial charge in [0.05, 0.1) is 17.4 Å². The molecule has 110 valence electrons. The molecule has 0 radical (unpaired) electrons. The average molecular weight is 293 g/mol. The fourth-order valence-corrected chi connectivity index (χ4v) is 3.65. The van der Waals surface area contributed by atoms with E-state index in [0.29, 0.717) is 10.8 Å². The quantitative estimate of drug-likeness (QED) is 0.876. The van der Waals surface area contributed by atoms with Crippen LogP contribution in [0.25, 0.3) is 0 Å². The predicted octanol–water partition coefficient (Wildman–Crippen LogP) is 2.92. The molecule has 1 fully saturated rings. The second-order valence-electron chi connectivity index (χ2n) is 5.09. The van der Waals surface area contributed by atoms with Crippen molar-refractivity contribution in [2.45, 2.75) is 43.9 Å². The zero-order valence-electron chi connectivity index (χ0n) is 12.2. The second-order valence-corrected chi connectivity index (χ2v) is 6.17. The van der Waals surface area contributed by atoms with Crippen LogP contribution in [0.2, 0.25) is 0 Å². The minimum Gasteiger partial charge on any atom is -0.383 e. The van der Waals surface area contributed by atoms with Crippen LogP contribution in [-0.4, -0.2) is 35.0 Å². The van der Waals surface area contributed by atoms with E-state index in [4.69, 9.17) is 0 Å². The first-order valence-corrected chi connectivity index (χ1v) is 8.56. The highest BCUT2D eigenvalue weighted by Crippen LogP contribution is 2.27. The second kappa shape index (κ2) is 7.53. The summed E-state index contributed by atoms with van der Waals surface area (Å²) < 4.78 is 0. The van der Waals surface area contributed by atoms with E-state index in [1.165, 1.54) is 19.3 Å². The molecular weight excluding hydrogens is 270 g/mol. The molecule has 1 aromatic rings. The predicted molar refractivity (Wildman–Crippen MR) is 85.4 cm³/mol. The van der Waals surface area contributed by atoms with Crippen LogP contribution in [0.5, 0.6) is 0 Å². The number of pyridine rings is 1. The van der Waals surface area contributed by atoms with E-state index in [1.54, 1.807) is 18.5 Å². The smallest absolute Gasteiger partial charge is 0.253 e. The Morgan fingerprint density at radius 3 is 3.00 bits per heavy atom. The summed E-state index contributed by atoms with van der Waals surface area (Å²) in [5.74, 6) is 0.00861. The molecule has 1 aliphatic rings. The van der Waals surface area contributed by atoms with Gasteiger partial charge in [-0.3, -0.25) is 9.78 Å². The van der Waals surface area contributed by atoms with Gasteiger partial charge < -0.3 is 10.6 Å². The summed E-state index contributed by atoms with van der Waals surface area (Å²) >= 11 is 1.86. The molecule has 2 unspecified atom stereocenters. The molecule has 0 aromatic carbocycles. The topological polar surface area (TPSA) is 54.0 Å². The van der Waals surface area contributed by atoms with Gasteiger partial charge in [-0.1, -0.05) is 12.8 Å². The first-order valence-electron chi connectivity index (χ1n) is 7.27. The fraction of sp³-hybridized carbons (Fsp3) is 0.600. The molecule has 1 amide bonds. The van der Waals surface area contributed by atoms with Gasteiger partial charge in [0, 0.05) is 24.0 Å². The lowest BCUT2D eigenvalue weighted by Crippen LogP contribution is -2.43. The maximum absolute atomic E-state index is 12.5. The molecule has 0 spiro atoms. The van der Waals surface area contributed by atoms with Crippen LogP contribution < -0.4 is 10.6 Å². The first kappa shape index (κ1) is 15.2. The summed E-state index contributed by atoms with van der Waals surface area (Å²) in [6.45, 7) is 2.79. The number of carbonyl (C=O) groups is 1. The Bertz CT molecular complexity index is 452. The lowest BCUT2D eigenvalue weighted by atomic mass is 9.94. The number of hydrogen-bond donors (Lipinski definition) is 2. The van der Waals surface area contributed by atoms with E-state index in [9.17, 15) is 4.79 Å². The Morgan fingerprint density at radius 2 is 2.25 bits per heavy atom. The van der Waals surface area contributed by atoms with E-state index in [-0.39, 0.29) is 11.9 Å². The number of thioether (sulfide) groups is 1. The highest BCUT2D eigenvalue weighted by Gasteiger charge is 2.26. The number of nitrogens with one attached hydrogen (secondary N) is 2. The van der Waals surface area contributed by atoms with Crippen molar-refractivity contribution in [3.05, 3.63) is 24.0 Å². The van der Waals surface area contributed by atoms with Gasteiger partial charge in [0.2, 0.25) is 0 Å². The Morgan fingerprint density at radius 1 is 1.45 bits per heavy atom. The van der Waals surface area contributed by atoms with E-state index in [0.717, 1.165) is 18.7 Å². The van der Waals surface area contributed by atoms with E-state index in [1.807, 2.05) is 18.7 Å². The molecule has 2 atom stereocenters. The molecule has 1 aliphatic carbocycles. The fourth-order valence-electron chi connectivity index (χ4n) is 2.71. The summed E-state index contributed by atoms with van der Waals surface area (Å²) in [5, 5.41) is 6.94. The third kappa shape index (κ3) is 3.66. The molecule has 1 aromatic heterocycles. The van der Waals surface area contributed by atoms with E-state index >= 15 is 0 Å². The van der Waals surface area contributed by atoms with Crippen LogP contribution in [0.15, 0.2) is 18.5 Å². The van der Waals surface area contributed by atoms with Crippen molar-refractivity contribution >= 4 is 23.4 Å². The Labute approximate surface area is 125 Å². The molecular formula is C15H23N3OS. The van der Waals surface area contributed by atoms with Crippen LogP contribution in [0.3, 0.4) is 0 Å². The van der Waals surface area contributed by atoms with E-state index < -0.39 is 0 Å². The zero-order chi connectivity index (χ0) is 14.4. The molecule has 1 saturated carbocycles. The van der Waals surface area contributed by atoms with Gasteiger partial charge in [-0.25, -0.2) is 0 Å². The van der Waals surface area contributed by atoms with Gasteiger partial charge in [0.25, 0.3) is 5.91 Å². The standard InChI is InChI=1S/C15H23N3OS/c1-3-17-13-10-16-9-8-11(13)15(19)18-12-6-4-5-7-14(12)20-2/h8-10,12,14,17H,3-7H2,1-2H3,(H,18,19). The molecule has 0 aliphatic heterocycles. The largest absolute Gasteiger partial charge is 0.383 e. The van der Waals surface area contributed by atoms with Gasteiger partial charge in [0.1, 0.15) is 0 Å². The summed E-state index contributed by atoms with van der Waals surface area (Å²) in [4.78, 5) is 16.6. The minimum absolute atomic E-state index is 0.00861. The average Bonchev–Trinajstić information content (AvgIpc) is 2.48. The van der Waals surface area contributed by atoms with Crippen molar-refractivity contribution in [1.29, 1.82) is 0 Å². The third-order valence-corrected chi connectivity index (χ3v) is 4.92. The monoisotopic (exact) mass is 293 g/mol. The summed E-state index contributed by atoms with van der Waals surface area (Å²) in [6, 6.07) is 2.07. The molecule has 4 nitrogen and oxygen atoms in total. The first-order chi connectivity index (χ1) is 9.76. The summed E-state index contributed by atoms with van der Waals surface area (Å²) in [7, 11) is 0. The van der Waals surface area contributed by atoms with E-state index in [2.05, 4.69) is 21.9 Å². The van der Waals surface area contributed by atoms with Crippen LogP contribution in [0.1, 0.15) is 43.0 Å². The molecule has 20 heavy (non-hydrogen) atoms. The lowest BCUT2D eigenvalue weighted by Gasteiger charge is -2.31. The maximum Gasteiger partial charge on any atom is 0.253 e. The molecule has 5 heteroatoms. The number of amides is 1. The van der Waals surface area contributed by atoms with Crippen LogP contribution in [0, 0.1) is 0 Å². The van der Waals surface area contributed by atoms with Gasteiger partial charge in [-0.05, 0) is 32.1 Å². The lowest BCUT2D eigenvalue weighted by molar-refractivity contribution is 0.0930. The number of hydrogen-bond acceptors (Lipinski definition) is 4. The van der Waals surface area contributed by atoms with Crippen molar-refractivity contribution in [3.8, 4) is 0 Å². The normalized spacial score (nSPS) is 22.3. The number of carbonyl (C=O) groups excluding carboxylic acids is 1. The van der Waals surface area contributed by atoms with Crippen molar-refractivity contribution in [3.63, 3.8) is 0 Å². The van der Waals surface area contributed by atoms with Crippen molar-refractivity contribution in [2.75, 3.05) is 18.1 Å². The number of rotatable bonds is 5. The highest BCUT2D eigenvalue weighted by molar-refractivity contribution is 7.99. The van der Waals surface area contributed by atoms with Crippen LogP contribution >= 0.6 is 11.8 Å². The molecule has 0 saturated heterocycles. The van der Waals surface area contributed by atoms with Crippen LogP contribution in [0.4, 0.5) is 5.69 Å². The van der Waals surface area contributed by atoms with Crippen molar-refractivity contribution < 1.29 is 4.79 Å². The van der Waals surface area contributed by atoms with Gasteiger partial charge in [-0.15, -0.1) is 0 Å².